The van der Waals surface area contributed by atoms with Crippen molar-refractivity contribution < 1.29 is 4.79 Å². The van der Waals surface area contributed by atoms with Gasteiger partial charge >= 0.3 is 0 Å². The van der Waals surface area contributed by atoms with Crippen LogP contribution in [0.5, 0.6) is 0 Å². The van der Waals surface area contributed by atoms with Crippen molar-refractivity contribution in [3.8, 4) is 0 Å². The summed E-state index contributed by atoms with van der Waals surface area (Å²) in [5.74, 6) is 0.431. The summed E-state index contributed by atoms with van der Waals surface area (Å²) in [6.45, 7) is 4.09. The van der Waals surface area contributed by atoms with E-state index in [-0.39, 0.29) is 11.8 Å². The maximum absolute atomic E-state index is 12.6. The molecule has 2 fully saturated rings. The predicted molar refractivity (Wildman–Crippen MR) is 91.1 cm³/mol. The number of carbonyl (C=O) groups is 1. The van der Waals surface area contributed by atoms with Gasteiger partial charge in [-0.1, -0.05) is 37.5 Å². The van der Waals surface area contributed by atoms with Crippen LogP contribution in [0, 0.1) is 12.8 Å². The van der Waals surface area contributed by atoms with Gasteiger partial charge in [-0.15, -0.1) is 0 Å². The maximum atomic E-state index is 12.6. The topological polar surface area (TPSA) is 32.3 Å². The first kappa shape index (κ1) is 15.4. The van der Waals surface area contributed by atoms with E-state index in [0.717, 1.165) is 25.9 Å². The van der Waals surface area contributed by atoms with Crippen molar-refractivity contribution in [3.63, 3.8) is 0 Å². The number of nitrogens with one attached hydrogen (secondary N) is 1. The minimum absolute atomic E-state index is 0.148. The molecule has 1 amide bonds. The average Bonchev–Trinajstić information content (AvgIpc) is 2.56. The standard InChI is InChI=1S/C19H28N2O/c1-15-8-5-6-12-18(15)21-13-7-9-16(14-21)19(22)20-17-10-3-2-4-11-17/h5-6,8,12,16-17H,2-4,7,9-11,13-14H2,1H3,(H,20,22)/t16-/m0/s1. The maximum Gasteiger partial charge on any atom is 0.225 e. The number of amides is 1. The number of benzene rings is 1. The second-order valence-electron chi connectivity index (χ2n) is 6.92. The van der Waals surface area contributed by atoms with Crippen molar-refractivity contribution in [2.45, 2.75) is 57.9 Å². The van der Waals surface area contributed by atoms with Gasteiger partial charge < -0.3 is 10.2 Å². The second-order valence-corrected chi connectivity index (χ2v) is 6.92. The zero-order valence-electron chi connectivity index (χ0n) is 13.7. The molecule has 1 heterocycles. The highest BCUT2D eigenvalue weighted by Crippen LogP contribution is 2.26. The molecule has 22 heavy (non-hydrogen) atoms. The van der Waals surface area contributed by atoms with Crippen LogP contribution < -0.4 is 10.2 Å². The monoisotopic (exact) mass is 300 g/mol. The average molecular weight is 300 g/mol. The first-order valence-electron chi connectivity index (χ1n) is 8.85. The molecule has 0 bridgehead atoms. The third kappa shape index (κ3) is 3.63. The van der Waals surface area contributed by atoms with Gasteiger partial charge in [-0.3, -0.25) is 4.79 Å². The quantitative estimate of drug-likeness (QED) is 0.924. The number of aryl methyl sites for hydroxylation is 1. The van der Waals surface area contributed by atoms with Gasteiger partial charge in [-0.05, 0) is 44.2 Å². The highest BCUT2D eigenvalue weighted by Gasteiger charge is 2.28. The molecule has 3 nitrogen and oxygen atoms in total. The summed E-state index contributed by atoms with van der Waals surface area (Å²) in [6, 6.07) is 8.93. The molecule has 1 aromatic rings. The molecule has 1 aromatic carbocycles. The summed E-state index contributed by atoms with van der Waals surface area (Å²) in [4.78, 5) is 15.0. The molecular formula is C19H28N2O. The van der Waals surface area contributed by atoms with Gasteiger partial charge in [-0.2, -0.15) is 0 Å². The Labute approximate surface area is 134 Å². The van der Waals surface area contributed by atoms with Crippen molar-refractivity contribution >= 4 is 11.6 Å². The largest absolute Gasteiger partial charge is 0.371 e. The number of nitrogens with zero attached hydrogens (tertiary/aromatic N) is 1. The summed E-state index contributed by atoms with van der Waals surface area (Å²) in [6.07, 6.45) is 8.34. The van der Waals surface area contributed by atoms with Crippen molar-refractivity contribution in [3.05, 3.63) is 29.8 Å². The first-order chi connectivity index (χ1) is 10.7. The summed E-state index contributed by atoms with van der Waals surface area (Å²) in [7, 11) is 0. The smallest absolute Gasteiger partial charge is 0.225 e. The van der Waals surface area contributed by atoms with E-state index in [2.05, 4.69) is 41.4 Å². The van der Waals surface area contributed by atoms with E-state index in [9.17, 15) is 4.79 Å². The van der Waals surface area contributed by atoms with E-state index in [4.69, 9.17) is 0 Å². The number of carbonyl (C=O) groups excluding carboxylic acids is 1. The van der Waals surface area contributed by atoms with Crippen LogP contribution in [0.1, 0.15) is 50.5 Å². The lowest BCUT2D eigenvalue weighted by Gasteiger charge is -2.35. The Morgan fingerprint density at radius 3 is 2.64 bits per heavy atom. The van der Waals surface area contributed by atoms with E-state index in [1.807, 2.05) is 0 Å². The van der Waals surface area contributed by atoms with Gasteiger partial charge in [0.05, 0.1) is 5.92 Å². The van der Waals surface area contributed by atoms with Gasteiger partial charge in [0.2, 0.25) is 5.91 Å². The van der Waals surface area contributed by atoms with Gasteiger partial charge in [0.25, 0.3) is 0 Å². The van der Waals surface area contributed by atoms with Crippen LogP contribution in [0.2, 0.25) is 0 Å². The highest BCUT2D eigenvalue weighted by molar-refractivity contribution is 5.80. The second kappa shape index (κ2) is 7.17. The van der Waals surface area contributed by atoms with Crippen LogP contribution in [-0.2, 0) is 4.79 Å². The van der Waals surface area contributed by atoms with Crippen LogP contribution >= 0.6 is 0 Å². The molecule has 1 N–H and O–H groups in total. The minimum atomic E-state index is 0.148. The van der Waals surface area contributed by atoms with E-state index in [1.54, 1.807) is 0 Å². The molecule has 1 saturated heterocycles. The number of para-hydroxylation sites is 1. The highest BCUT2D eigenvalue weighted by atomic mass is 16.2. The summed E-state index contributed by atoms with van der Waals surface area (Å²) < 4.78 is 0. The lowest BCUT2D eigenvalue weighted by atomic mass is 9.92. The van der Waals surface area contributed by atoms with Crippen molar-refractivity contribution in [1.29, 1.82) is 0 Å². The molecule has 1 aliphatic carbocycles. The molecule has 0 radical (unpaired) electrons. The van der Waals surface area contributed by atoms with E-state index in [1.165, 1.54) is 43.4 Å². The summed E-state index contributed by atoms with van der Waals surface area (Å²) >= 11 is 0. The Bertz CT molecular complexity index is 508. The van der Waals surface area contributed by atoms with Crippen LogP contribution in [0.15, 0.2) is 24.3 Å². The minimum Gasteiger partial charge on any atom is -0.371 e. The zero-order chi connectivity index (χ0) is 15.4. The number of anilines is 1. The number of hydrogen-bond acceptors (Lipinski definition) is 2. The van der Waals surface area contributed by atoms with Gasteiger partial charge in [-0.25, -0.2) is 0 Å². The molecule has 1 saturated carbocycles. The van der Waals surface area contributed by atoms with E-state index >= 15 is 0 Å². The van der Waals surface area contributed by atoms with Crippen molar-refractivity contribution in [1.82, 2.24) is 5.32 Å². The Kier molecular flexibility index (Phi) is 5.01. The normalized spacial score (nSPS) is 23.3. The molecule has 3 rings (SSSR count). The Hall–Kier alpha value is -1.51. The molecule has 0 aromatic heterocycles. The molecule has 1 aliphatic heterocycles. The first-order valence-corrected chi connectivity index (χ1v) is 8.85. The molecule has 3 heteroatoms. The zero-order valence-corrected chi connectivity index (χ0v) is 13.7. The van der Waals surface area contributed by atoms with Gasteiger partial charge in [0, 0.05) is 24.8 Å². The van der Waals surface area contributed by atoms with Crippen molar-refractivity contribution in [2.75, 3.05) is 18.0 Å². The number of rotatable bonds is 3. The molecule has 1 atom stereocenters. The van der Waals surface area contributed by atoms with Crippen molar-refractivity contribution in [2.24, 2.45) is 5.92 Å². The summed E-state index contributed by atoms with van der Waals surface area (Å²) in [5.41, 5.74) is 2.59. The fraction of sp³-hybridized carbons (Fsp3) is 0.632. The van der Waals surface area contributed by atoms with Gasteiger partial charge in [0.15, 0.2) is 0 Å². The van der Waals surface area contributed by atoms with Crippen LogP contribution in [0.4, 0.5) is 5.69 Å². The molecular weight excluding hydrogens is 272 g/mol. The van der Waals surface area contributed by atoms with Gasteiger partial charge in [0.1, 0.15) is 0 Å². The molecule has 0 spiro atoms. The van der Waals surface area contributed by atoms with Crippen LogP contribution in [0.25, 0.3) is 0 Å². The fourth-order valence-electron chi connectivity index (χ4n) is 3.89. The van der Waals surface area contributed by atoms with Crippen LogP contribution in [-0.4, -0.2) is 25.0 Å². The lowest BCUT2D eigenvalue weighted by Crippen LogP contribution is -2.46. The Morgan fingerprint density at radius 1 is 1.09 bits per heavy atom. The van der Waals surface area contributed by atoms with E-state index < -0.39 is 0 Å². The summed E-state index contributed by atoms with van der Waals surface area (Å²) in [5, 5.41) is 3.31. The Balaban J connectivity index is 1.60. The predicted octanol–water partition coefficient (Wildman–Crippen LogP) is 3.66. The third-order valence-corrected chi connectivity index (χ3v) is 5.20. The molecule has 120 valence electrons. The van der Waals surface area contributed by atoms with Crippen LogP contribution in [0.3, 0.4) is 0 Å². The third-order valence-electron chi connectivity index (χ3n) is 5.20. The fourth-order valence-corrected chi connectivity index (χ4v) is 3.89. The number of hydrogen-bond donors (Lipinski definition) is 1. The molecule has 0 unspecified atom stereocenters. The molecule has 2 aliphatic rings. The SMILES string of the molecule is Cc1ccccc1N1CCC[C@H](C(=O)NC2CCCCC2)C1. The van der Waals surface area contributed by atoms with E-state index in [0.29, 0.717) is 6.04 Å². The number of piperidine rings is 1. The lowest BCUT2D eigenvalue weighted by molar-refractivity contribution is -0.126. The Morgan fingerprint density at radius 2 is 1.86 bits per heavy atom.